The van der Waals surface area contributed by atoms with E-state index in [0.29, 0.717) is 10.0 Å². The summed E-state index contributed by atoms with van der Waals surface area (Å²) < 4.78 is 0. The van der Waals surface area contributed by atoms with Crippen molar-refractivity contribution in [2.24, 2.45) is 5.10 Å². The number of hydrogen-bond acceptors (Lipinski definition) is 2. The van der Waals surface area contributed by atoms with Crippen molar-refractivity contribution < 1.29 is 4.79 Å². The molecule has 3 aromatic rings. The van der Waals surface area contributed by atoms with Gasteiger partial charge in [0.2, 0.25) is 0 Å². The normalized spacial score (nSPS) is 11.2. The number of amides is 1. The molecule has 0 radical (unpaired) electrons. The molecule has 0 unspecified atom stereocenters. The first-order chi connectivity index (χ1) is 10.6. The van der Waals surface area contributed by atoms with Gasteiger partial charge in [0.1, 0.15) is 5.69 Å². The highest BCUT2D eigenvalue weighted by atomic mass is 35.5. The van der Waals surface area contributed by atoms with Crippen molar-refractivity contribution in [1.29, 1.82) is 0 Å². The van der Waals surface area contributed by atoms with Crippen LogP contribution in [0.15, 0.2) is 53.6 Å². The number of nitrogens with one attached hydrogen (secondary N) is 2. The number of para-hydroxylation sites is 1. The number of carbonyl (C=O) groups is 1. The number of hydrogen-bond donors (Lipinski definition) is 2. The van der Waals surface area contributed by atoms with Crippen LogP contribution >= 0.6 is 23.2 Å². The molecule has 1 amide bonds. The molecular formula is C16H11Cl2N3O. The Bertz CT molecular complexity index is 853. The van der Waals surface area contributed by atoms with Crippen LogP contribution in [0.1, 0.15) is 16.1 Å². The van der Waals surface area contributed by atoms with E-state index >= 15 is 0 Å². The number of nitrogens with zero attached hydrogens (tertiary/aromatic N) is 1. The van der Waals surface area contributed by atoms with Gasteiger partial charge in [-0.3, -0.25) is 4.79 Å². The molecule has 0 aliphatic carbocycles. The lowest BCUT2D eigenvalue weighted by molar-refractivity contribution is 0.0951. The number of halogens is 2. The summed E-state index contributed by atoms with van der Waals surface area (Å²) in [5.41, 5.74) is 4.37. The maximum absolute atomic E-state index is 12.1. The lowest BCUT2D eigenvalue weighted by Crippen LogP contribution is -2.18. The molecule has 1 heterocycles. The fourth-order valence-electron chi connectivity index (χ4n) is 2.03. The Morgan fingerprint density at radius 1 is 1.09 bits per heavy atom. The second kappa shape index (κ2) is 6.22. The van der Waals surface area contributed by atoms with Gasteiger partial charge in [0, 0.05) is 15.9 Å². The number of aromatic nitrogens is 1. The summed E-state index contributed by atoms with van der Waals surface area (Å²) in [5.74, 6) is -0.397. The Balaban J connectivity index is 1.76. The monoisotopic (exact) mass is 331 g/mol. The molecule has 6 heteroatoms. The Morgan fingerprint density at radius 3 is 2.55 bits per heavy atom. The predicted octanol–water partition coefficient (Wildman–Crippen LogP) is 4.24. The van der Waals surface area contributed by atoms with Crippen molar-refractivity contribution >= 4 is 46.2 Å². The third-order valence-corrected chi connectivity index (χ3v) is 3.76. The van der Waals surface area contributed by atoms with Gasteiger partial charge in [-0.1, -0.05) is 53.5 Å². The molecule has 4 nitrogen and oxygen atoms in total. The van der Waals surface area contributed by atoms with Crippen molar-refractivity contribution in [2.75, 3.05) is 0 Å². The van der Waals surface area contributed by atoms with Crippen LogP contribution in [0.25, 0.3) is 10.9 Å². The third kappa shape index (κ3) is 2.98. The van der Waals surface area contributed by atoms with Gasteiger partial charge in [0.15, 0.2) is 0 Å². The van der Waals surface area contributed by atoms with E-state index in [1.165, 1.54) is 6.21 Å². The molecule has 0 bridgehead atoms. The van der Waals surface area contributed by atoms with Crippen molar-refractivity contribution in [3.8, 4) is 0 Å². The summed E-state index contributed by atoms with van der Waals surface area (Å²) in [4.78, 5) is 15.1. The highest BCUT2D eigenvalue weighted by Crippen LogP contribution is 2.26. The standard InChI is InChI=1S/C16H11Cl2N3O/c17-11-7-5-10(6-8-11)9-19-21-16(22)15-14(18)12-3-1-2-4-13(12)20-15/h1-9,20H,(H,21,22)/b19-9-. The summed E-state index contributed by atoms with van der Waals surface area (Å²) in [6.07, 6.45) is 1.53. The zero-order chi connectivity index (χ0) is 15.5. The quantitative estimate of drug-likeness (QED) is 0.547. The fraction of sp³-hybridized carbons (Fsp3) is 0. The molecular weight excluding hydrogens is 321 g/mol. The van der Waals surface area contributed by atoms with Crippen molar-refractivity contribution in [1.82, 2.24) is 10.4 Å². The minimum atomic E-state index is -0.397. The highest BCUT2D eigenvalue weighted by molar-refractivity contribution is 6.38. The maximum atomic E-state index is 12.1. The fourth-order valence-corrected chi connectivity index (χ4v) is 2.46. The van der Waals surface area contributed by atoms with E-state index in [1.807, 2.05) is 24.3 Å². The van der Waals surface area contributed by atoms with Gasteiger partial charge in [-0.25, -0.2) is 5.43 Å². The van der Waals surface area contributed by atoms with E-state index in [0.717, 1.165) is 16.5 Å². The van der Waals surface area contributed by atoms with E-state index in [-0.39, 0.29) is 5.69 Å². The van der Waals surface area contributed by atoms with Gasteiger partial charge >= 0.3 is 0 Å². The van der Waals surface area contributed by atoms with Crippen LogP contribution in [-0.2, 0) is 0 Å². The van der Waals surface area contributed by atoms with E-state index in [1.54, 1.807) is 24.3 Å². The van der Waals surface area contributed by atoms with Crippen LogP contribution < -0.4 is 5.43 Å². The van der Waals surface area contributed by atoms with E-state index in [2.05, 4.69) is 15.5 Å². The summed E-state index contributed by atoms with van der Waals surface area (Å²) in [5, 5.41) is 5.74. The molecule has 0 aliphatic rings. The number of aromatic amines is 1. The largest absolute Gasteiger partial charge is 0.349 e. The molecule has 2 N–H and O–H groups in total. The second-order valence-electron chi connectivity index (χ2n) is 4.61. The Hall–Kier alpha value is -2.30. The Labute approximate surface area is 136 Å². The molecule has 0 fully saturated rings. The number of benzene rings is 2. The average Bonchev–Trinajstić information content (AvgIpc) is 2.87. The summed E-state index contributed by atoms with van der Waals surface area (Å²) in [7, 11) is 0. The molecule has 0 saturated heterocycles. The number of rotatable bonds is 3. The van der Waals surface area contributed by atoms with Crippen molar-refractivity contribution in [2.45, 2.75) is 0 Å². The minimum Gasteiger partial charge on any atom is -0.349 e. The van der Waals surface area contributed by atoms with Gasteiger partial charge in [-0.2, -0.15) is 5.10 Å². The van der Waals surface area contributed by atoms with Crippen LogP contribution in [0.3, 0.4) is 0 Å². The lowest BCUT2D eigenvalue weighted by Gasteiger charge is -1.98. The van der Waals surface area contributed by atoms with Gasteiger partial charge < -0.3 is 4.98 Å². The molecule has 0 aliphatic heterocycles. The van der Waals surface area contributed by atoms with Gasteiger partial charge in [-0.15, -0.1) is 0 Å². The van der Waals surface area contributed by atoms with E-state index in [9.17, 15) is 4.79 Å². The summed E-state index contributed by atoms with van der Waals surface area (Å²) >= 11 is 12.0. The molecule has 3 rings (SSSR count). The van der Waals surface area contributed by atoms with Crippen LogP contribution in [0.4, 0.5) is 0 Å². The zero-order valence-electron chi connectivity index (χ0n) is 11.3. The summed E-state index contributed by atoms with van der Waals surface area (Å²) in [6, 6.07) is 14.5. The first-order valence-corrected chi connectivity index (χ1v) is 7.26. The van der Waals surface area contributed by atoms with Gasteiger partial charge in [0.25, 0.3) is 5.91 Å². The number of hydrazone groups is 1. The number of fused-ring (bicyclic) bond motifs is 1. The highest BCUT2D eigenvalue weighted by Gasteiger charge is 2.15. The first kappa shape index (κ1) is 14.6. The molecule has 110 valence electrons. The van der Waals surface area contributed by atoms with Crippen LogP contribution in [0, 0.1) is 0 Å². The van der Waals surface area contributed by atoms with E-state index < -0.39 is 5.91 Å². The Morgan fingerprint density at radius 2 is 1.82 bits per heavy atom. The van der Waals surface area contributed by atoms with E-state index in [4.69, 9.17) is 23.2 Å². The molecule has 2 aromatic carbocycles. The van der Waals surface area contributed by atoms with Gasteiger partial charge in [-0.05, 0) is 23.8 Å². The predicted molar refractivity (Wildman–Crippen MR) is 89.8 cm³/mol. The first-order valence-electron chi connectivity index (χ1n) is 6.50. The van der Waals surface area contributed by atoms with Crippen molar-refractivity contribution in [3.05, 3.63) is 69.8 Å². The van der Waals surface area contributed by atoms with Crippen LogP contribution in [0.2, 0.25) is 10.0 Å². The smallest absolute Gasteiger partial charge is 0.289 e. The summed E-state index contributed by atoms with van der Waals surface area (Å²) in [6.45, 7) is 0. The van der Waals surface area contributed by atoms with Crippen molar-refractivity contribution in [3.63, 3.8) is 0 Å². The number of carbonyl (C=O) groups excluding carboxylic acids is 1. The lowest BCUT2D eigenvalue weighted by atomic mass is 10.2. The second-order valence-corrected chi connectivity index (χ2v) is 5.42. The molecule has 22 heavy (non-hydrogen) atoms. The number of H-pyrrole nitrogens is 1. The molecule has 0 atom stereocenters. The van der Waals surface area contributed by atoms with Gasteiger partial charge in [0.05, 0.1) is 11.2 Å². The molecule has 0 saturated carbocycles. The zero-order valence-corrected chi connectivity index (χ0v) is 12.8. The van der Waals surface area contributed by atoms with Crippen LogP contribution in [0.5, 0.6) is 0 Å². The molecule has 0 spiro atoms. The van der Waals surface area contributed by atoms with Crippen LogP contribution in [-0.4, -0.2) is 17.1 Å². The minimum absolute atomic E-state index is 0.288. The SMILES string of the molecule is O=C(N/N=C\c1ccc(Cl)cc1)c1[nH]c2ccccc2c1Cl. The third-order valence-electron chi connectivity index (χ3n) is 3.12. The average molecular weight is 332 g/mol. The molecule has 1 aromatic heterocycles. The topological polar surface area (TPSA) is 57.2 Å². The Kier molecular flexibility index (Phi) is 4.13. The maximum Gasteiger partial charge on any atom is 0.289 e.